The molecule has 0 radical (unpaired) electrons. The van der Waals surface area contributed by atoms with Gasteiger partial charge in [0.25, 0.3) is 0 Å². The molecule has 3 N–H and O–H groups in total. The second-order valence-electron chi connectivity index (χ2n) is 5.92. The highest BCUT2D eigenvalue weighted by molar-refractivity contribution is 7.12. The molecule has 5 heteroatoms. The SMILES string of the molecule is CN(C)CCC1CNc2ccc(N=C(N)c3cccs3)cc21. The third-order valence-corrected chi connectivity index (χ3v) is 4.85. The molecule has 0 amide bonds. The Hall–Kier alpha value is -1.85. The van der Waals surface area contributed by atoms with Crippen LogP contribution in [0.25, 0.3) is 0 Å². The van der Waals surface area contributed by atoms with E-state index in [1.54, 1.807) is 11.3 Å². The van der Waals surface area contributed by atoms with E-state index < -0.39 is 0 Å². The van der Waals surface area contributed by atoms with Gasteiger partial charge in [-0.25, -0.2) is 4.99 Å². The van der Waals surface area contributed by atoms with Crippen LogP contribution in [0.1, 0.15) is 22.8 Å². The number of anilines is 1. The first-order valence-electron chi connectivity index (χ1n) is 7.54. The highest BCUT2D eigenvalue weighted by atomic mass is 32.1. The van der Waals surface area contributed by atoms with Crippen LogP contribution >= 0.6 is 11.3 Å². The summed E-state index contributed by atoms with van der Waals surface area (Å²) in [4.78, 5) is 7.82. The van der Waals surface area contributed by atoms with Crippen molar-refractivity contribution in [3.63, 3.8) is 0 Å². The molecular weight excluding hydrogens is 292 g/mol. The Morgan fingerprint density at radius 3 is 3.00 bits per heavy atom. The average molecular weight is 314 g/mol. The molecule has 1 atom stereocenters. The first kappa shape index (κ1) is 15.1. The smallest absolute Gasteiger partial charge is 0.141 e. The highest BCUT2D eigenvalue weighted by Gasteiger charge is 2.22. The van der Waals surface area contributed by atoms with Gasteiger partial charge in [0.1, 0.15) is 5.84 Å². The van der Waals surface area contributed by atoms with Gasteiger partial charge in [0.2, 0.25) is 0 Å². The second-order valence-corrected chi connectivity index (χ2v) is 6.86. The number of nitrogens with zero attached hydrogens (tertiary/aromatic N) is 2. The fourth-order valence-corrected chi connectivity index (χ4v) is 3.38. The maximum Gasteiger partial charge on any atom is 0.141 e. The van der Waals surface area contributed by atoms with Crippen molar-refractivity contribution in [3.05, 3.63) is 46.2 Å². The summed E-state index contributed by atoms with van der Waals surface area (Å²) in [5.74, 6) is 1.14. The number of rotatable bonds is 5. The minimum atomic E-state index is 0.551. The summed E-state index contributed by atoms with van der Waals surface area (Å²) in [5, 5.41) is 5.50. The summed E-state index contributed by atoms with van der Waals surface area (Å²) in [5.41, 5.74) is 9.62. The molecule has 3 rings (SSSR count). The third-order valence-electron chi connectivity index (χ3n) is 3.96. The van der Waals surface area contributed by atoms with Gasteiger partial charge in [0.15, 0.2) is 0 Å². The van der Waals surface area contributed by atoms with Crippen LogP contribution in [0.2, 0.25) is 0 Å². The summed E-state index contributed by atoms with van der Waals surface area (Å²) >= 11 is 1.61. The fourth-order valence-electron chi connectivity index (χ4n) is 2.75. The number of fused-ring (bicyclic) bond motifs is 1. The van der Waals surface area contributed by atoms with E-state index >= 15 is 0 Å². The molecule has 0 saturated carbocycles. The van der Waals surface area contributed by atoms with Crippen molar-refractivity contribution in [3.8, 4) is 0 Å². The summed E-state index contributed by atoms with van der Waals surface area (Å²) in [7, 11) is 4.23. The lowest BCUT2D eigenvalue weighted by Crippen LogP contribution is -2.16. The van der Waals surface area contributed by atoms with Gasteiger partial charge < -0.3 is 16.0 Å². The second kappa shape index (κ2) is 6.50. The van der Waals surface area contributed by atoms with Crippen LogP contribution in [0, 0.1) is 0 Å². The molecule has 4 nitrogen and oxygen atoms in total. The predicted molar refractivity (Wildman–Crippen MR) is 95.5 cm³/mol. The van der Waals surface area contributed by atoms with E-state index in [9.17, 15) is 0 Å². The number of benzene rings is 1. The van der Waals surface area contributed by atoms with E-state index in [4.69, 9.17) is 5.73 Å². The standard InChI is InChI=1S/C17H22N4S/c1-21(2)8-7-12-11-19-15-6-5-13(10-14(12)15)20-17(18)16-4-3-9-22-16/h3-6,9-10,12,19H,7-8,11H2,1-2H3,(H2,18,20). The van der Waals surface area contributed by atoms with Crippen molar-refractivity contribution in [1.29, 1.82) is 0 Å². The first-order valence-corrected chi connectivity index (χ1v) is 8.42. The molecule has 1 aromatic carbocycles. The maximum atomic E-state index is 6.09. The summed E-state index contributed by atoms with van der Waals surface area (Å²) in [6, 6.07) is 10.3. The average Bonchev–Trinajstić information content (AvgIpc) is 3.14. The van der Waals surface area contributed by atoms with E-state index in [1.807, 2.05) is 23.6 Å². The van der Waals surface area contributed by atoms with E-state index in [0.717, 1.165) is 30.1 Å². The van der Waals surface area contributed by atoms with Crippen molar-refractivity contribution in [2.75, 3.05) is 32.5 Å². The van der Waals surface area contributed by atoms with E-state index in [1.165, 1.54) is 11.3 Å². The summed E-state index contributed by atoms with van der Waals surface area (Å²) in [6.45, 7) is 2.10. The van der Waals surface area contributed by atoms with Crippen LogP contribution in [0.4, 0.5) is 11.4 Å². The molecule has 1 unspecified atom stereocenters. The number of nitrogens with one attached hydrogen (secondary N) is 1. The van der Waals surface area contributed by atoms with Gasteiger partial charge >= 0.3 is 0 Å². The van der Waals surface area contributed by atoms with Crippen molar-refractivity contribution in [2.45, 2.75) is 12.3 Å². The molecule has 1 aromatic heterocycles. The number of thiophene rings is 1. The van der Waals surface area contributed by atoms with Crippen LogP contribution in [-0.2, 0) is 0 Å². The van der Waals surface area contributed by atoms with Gasteiger partial charge in [-0.1, -0.05) is 6.07 Å². The quantitative estimate of drug-likeness (QED) is 0.658. The van der Waals surface area contributed by atoms with Gasteiger partial charge in [-0.15, -0.1) is 11.3 Å². The lowest BCUT2D eigenvalue weighted by molar-refractivity contribution is 0.386. The maximum absolute atomic E-state index is 6.09. The van der Waals surface area contributed by atoms with Crippen LogP contribution in [-0.4, -0.2) is 37.9 Å². The Labute approximate surface area is 135 Å². The van der Waals surface area contributed by atoms with Crippen LogP contribution in [0.5, 0.6) is 0 Å². The molecule has 2 aromatic rings. The van der Waals surface area contributed by atoms with Crippen LogP contribution in [0.3, 0.4) is 0 Å². The number of aliphatic imine (C=N–C) groups is 1. The molecule has 1 aliphatic heterocycles. The van der Waals surface area contributed by atoms with Gasteiger partial charge in [-0.05, 0) is 62.3 Å². The molecule has 0 fully saturated rings. The number of nitrogens with two attached hydrogens (primary N) is 1. The summed E-state index contributed by atoms with van der Waals surface area (Å²) < 4.78 is 0. The Morgan fingerprint density at radius 2 is 2.27 bits per heavy atom. The fraction of sp³-hybridized carbons (Fsp3) is 0.353. The zero-order valence-corrected chi connectivity index (χ0v) is 13.9. The Balaban J connectivity index is 1.81. The molecular formula is C17H22N4S. The minimum Gasteiger partial charge on any atom is -0.384 e. The van der Waals surface area contributed by atoms with Crippen molar-refractivity contribution < 1.29 is 0 Å². The minimum absolute atomic E-state index is 0.551. The monoisotopic (exact) mass is 314 g/mol. The molecule has 0 bridgehead atoms. The molecule has 22 heavy (non-hydrogen) atoms. The van der Waals surface area contributed by atoms with Crippen molar-refractivity contribution in [1.82, 2.24) is 4.90 Å². The van der Waals surface area contributed by atoms with Crippen LogP contribution < -0.4 is 11.1 Å². The van der Waals surface area contributed by atoms with E-state index in [-0.39, 0.29) is 0 Å². The Kier molecular flexibility index (Phi) is 4.45. The molecule has 0 spiro atoms. The number of amidine groups is 1. The molecule has 2 heterocycles. The largest absolute Gasteiger partial charge is 0.384 e. The molecule has 1 aliphatic rings. The normalized spacial score (nSPS) is 17.6. The lowest BCUT2D eigenvalue weighted by Gasteiger charge is -2.14. The highest BCUT2D eigenvalue weighted by Crippen LogP contribution is 2.36. The van der Waals surface area contributed by atoms with Gasteiger partial charge in [-0.2, -0.15) is 0 Å². The third kappa shape index (κ3) is 3.31. The Morgan fingerprint density at radius 1 is 1.41 bits per heavy atom. The van der Waals surface area contributed by atoms with E-state index in [0.29, 0.717) is 11.8 Å². The van der Waals surface area contributed by atoms with E-state index in [2.05, 4.69) is 41.4 Å². The topological polar surface area (TPSA) is 53.6 Å². The van der Waals surface area contributed by atoms with Gasteiger partial charge in [-0.3, -0.25) is 0 Å². The number of hydrogen-bond donors (Lipinski definition) is 2. The van der Waals surface area contributed by atoms with Crippen molar-refractivity contribution in [2.24, 2.45) is 10.7 Å². The molecule has 0 aliphatic carbocycles. The molecule has 116 valence electrons. The van der Waals surface area contributed by atoms with Crippen LogP contribution in [0.15, 0.2) is 40.7 Å². The summed E-state index contributed by atoms with van der Waals surface area (Å²) in [6.07, 6.45) is 1.15. The van der Waals surface area contributed by atoms with Crippen molar-refractivity contribution >= 4 is 28.5 Å². The molecule has 0 saturated heterocycles. The predicted octanol–water partition coefficient (Wildman–Crippen LogP) is 3.25. The zero-order valence-electron chi connectivity index (χ0n) is 13.0. The zero-order chi connectivity index (χ0) is 15.5. The van der Waals surface area contributed by atoms with Gasteiger partial charge in [0, 0.05) is 18.2 Å². The lowest BCUT2D eigenvalue weighted by atomic mass is 9.97. The first-order chi connectivity index (χ1) is 10.6. The Bertz CT molecular complexity index is 661. The number of hydrogen-bond acceptors (Lipinski definition) is 4. The van der Waals surface area contributed by atoms with Gasteiger partial charge in [0.05, 0.1) is 10.6 Å².